The Labute approximate surface area is 216 Å². The molecular weight excluding hydrogens is 436 g/mol. The summed E-state index contributed by atoms with van der Waals surface area (Å²) in [4.78, 5) is 5.91. The van der Waals surface area contributed by atoms with Gasteiger partial charge in [-0.25, -0.2) is 0 Å². The number of fused-ring (bicyclic) bond motifs is 2. The predicted molar refractivity (Wildman–Crippen MR) is 161 cm³/mol. The molecule has 2 heteroatoms. The summed E-state index contributed by atoms with van der Waals surface area (Å²) in [6.07, 6.45) is 6.87. The van der Waals surface area contributed by atoms with Crippen LogP contribution in [0, 0.1) is 6.92 Å². The Morgan fingerprint density at radius 3 is 2.19 bits per heavy atom. The Morgan fingerprint density at radius 1 is 0.750 bits per heavy atom. The van der Waals surface area contributed by atoms with Gasteiger partial charge in [0.1, 0.15) is 0 Å². The second kappa shape index (κ2) is 13.2. The molecule has 0 fully saturated rings. The maximum absolute atomic E-state index is 3.79. The molecule has 0 bridgehead atoms. The third-order valence-corrected chi connectivity index (χ3v) is 5.98. The van der Waals surface area contributed by atoms with Gasteiger partial charge in [0.05, 0.1) is 5.69 Å². The molecule has 184 valence electrons. The molecule has 0 radical (unpaired) electrons. The summed E-state index contributed by atoms with van der Waals surface area (Å²) in [5.74, 6) is 0. The van der Waals surface area contributed by atoms with Crippen molar-refractivity contribution in [1.29, 1.82) is 0 Å². The number of hydrogen-bond acceptors (Lipinski definition) is 1. The lowest BCUT2D eigenvalue weighted by Gasteiger charge is -2.27. The van der Waals surface area contributed by atoms with Gasteiger partial charge in [-0.3, -0.25) is 0 Å². The van der Waals surface area contributed by atoms with E-state index in [9.17, 15) is 0 Å². The lowest BCUT2D eigenvalue weighted by Crippen LogP contribution is -2.10. The molecule has 2 nitrogen and oxygen atoms in total. The molecule has 0 atom stereocenters. The molecule has 0 aliphatic rings. The van der Waals surface area contributed by atoms with Crippen LogP contribution in [0.15, 0.2) is 116 Å². The lowest BCUT2D eigenvalue weighted by molar-refractivity contribution is 1.19. The summed E-state index contributed by atoms with van der Waals surface area (Å²) in [6.45, 7) is 13.9. The SMILES string of the molecule is C=C/C=C\Cc1c(C)[nH]c2ccc(N(c3ccccc3)c3cccc4ccccc34)cc12.CC.CC. The fourth-order valence-corrected chi connectivity index (χ4v) is 4.46. The number of anilines is 3. The molecule has 0 saturated carbocycles. The highest BCUT2D eigenvalue weighted by atomic mass is 15.1. The molecule has 0 aliphatic carbocycles. The minimum absolute atomic E-state index is 0.876. The average Bonchev–Trinajstić information content (AvgIpc) is 3.26. The number of rotatable bonds is 6. The molecule has 1 N–H and O–H groups in total. The minimum atomic E-state index is 0.876. The van der Waals surface area contributed by atoms with E-state index in [1.165, 1.54) is 38.6 Å². The van der Waals surface area contributed by atoms with Gasteiger partial charge in [-0.15, -0.1) is 0 Å². The molecule has 0 spiro atoms. The molecule has 0 unspecified atom stereocenters. The fraction of sp³-hybridized carbons (Fsp3) is 0.176. The molecular formula is C34H38N2. The van der Waals surface area contributed by atoms with E-state index in [0.717, 1.165) is 17.8 Å². The first-order chi connectivity index (χ1) is 17.8. The number of aryl methyl sites for hydroxylation is 1. The maximum atomic E-state index is 3.79. The fourth-order valence-electron chi connectivity index (χ4n) is 4.46. The summed E-state index contributed by atoms with van der Waals surface area (Å²) in [5.41, 5.74) is 7.16. The molecule has 5 rings (SSSR count). The molecule has 0 saturated heterocycles. The van der Waals surface area contributed by atoms with Gasteiger partial charge in [0.15, 0.2) is 0 Å². The number of benzene rings is 4. The number of hydrogen-bond donors (Lipinski definition) is 1. The van der Waals surface area contributed by atoms with Crippen LogP contribution in [0.2, 0.25) is 0 Å². The van der Waals surface area contributed by atoms with E-state index in [0.29, 0.717) is 0 Å². The number of allylic oxidation sites excluding steroid dienone is 3. The summed E-state index contributed by atoms with van der Waals surface area (Å²) in [7, 11) is 0. The number of para-hydroxylation sites is 1. The quantitative estimate of drug-likeness (QED) is 0.242. The van der Waals surface area contributed by atoms with Crippen molar-refractivity contribution in [2.75, 3.05) is 4.90 Å². The summed E-state index contributed by atoms with van der Waals surface area (Å²) < 4.78 is 0. The van der Waals surface area contributed by atoms with Gasteiger partial charge in [0.2, 0.25) is 0 Å². The minimum Gasteiger partial charge on any atom is -0.358 e. The van der Waals surface area contributed by atoms with Gasteiger partial charge in [-0.2, -0.15) is 0 Å². The molecule has 1 heterocycles. The van der Waals surface area contributed by atoms with Gasteiger partial charge < -0.3 is 9.88 Å². The average molecular weight is 475 g/mol. The third-order valence-electron chi connectivity index (χ3n) is 5.98. The Hall–Kier alpha value is -4.04. The normalized spacial score (nSPS) is 10.5. The van der Waals surface area contributed by atoms with Crippen LogP contribution in [0.25, 0.3) is 21.7 Å². The van der Waals surface area contributed by atoms with Crippen molar-refractivity contribution in [3.63, 3.8) is 0 Å². The largest absolute Gasteiger partial charge is 0.358 e. The molecule has 36 heavy (non-hydrogen) atoms. The van der Waals surface area contributed by atoms with Gasteiger partial charge in [-0.1, -0.05) is 107 Å². The van der Waals surface area contributed by atoms with Crippen molar-refractivity contribution in [3.8, 4) is 0 Å². The monoisotopic (exact) mass is 474 g/mol. The molecule has 0 aliphatic heterocycles. The van der Waals surface area contributed by atoms with Gasteiger partial charge in [0, 0.05) is 33.4 Å². The van der Waals surface area contributed by atoms with E-state index in [-0.39, 0.29) is 0 Å². The zero-order valence-corrected chi connectivity index (χ0v) is 22.3. The summed E-state index contributed by atoms with van der Waals surface area (Å²) >= 11 is 0. The van der Waals surface area contributed by atoms with E-state index in [2.05, 4.69) is 120 Å². The maximum Gasteiger partial charge on any atom is 0.0540 e. The highest BCUT2D eigenvalue weighted by Gasteiger charge is 2.17. The zero-order chi connectivity index (χ0) is 25.9. The standard InChI is InChI=1S/C30H26N2.2C2H6/c1-3-4-6-16-26-22(2)31-29-20-19-25(21-28(26)29)32(24-14-7-5-8-15-24)30-18-11-13-23-12-9-10-17-27(23)30;2*1-2/h3-15,17-21,31H,1,16H2,2H3;2*1-2H3/b6-4-;;. The van der Waals surface area contributed by atoms with Crippen LogP contribution >= 0.6 is 0 Å². The van der Waals surface area contributed by atoms with Crippen LogP contribution in [0.4, 0.5) is 17.1 Å². The zero-order valence-electron chi connectivity index (χ0n) is 22.3. The Bertz CT molecular complexity index is 1420. The Morgan fingerprint density at radius 2 is 1.44 bits per heavy atom. The molecule has 1 aromatic heterocycles. The van der Waals surface area contributed by atoms with E-state index < -0.39 is 0 Å². The highest BCUT2D eigenvalue weighted by molar-refractivity contribution is 6.00. The van der Waals surface area contributed by atoms with E-state index in [1.807, 2.05) is 39.8 Å². The topological polar surface area (TPSA) is 19.0 Å². The predicted octanol–water partition coefficient (Wildman–Crippen LogP) is 10.4. The highest BCUT2D eigenvalue weighted by Crippen LogP contribution is 2.40. The summed E-state index contributed by atoms with van der Waals surface area (Å²) in [5, 5.41) is 3.73. The molecule has 0 amide bonds. The lowest BCUT2D eigenvalue weighted by atomic mass is 10.0. The number of nitrogens with zero attached hydrogens (tertiary/aromatic N) is 1. The van der Waals surface area contributed by atoms with Crippen LogP contribution < -0.4 is 4.90 Å². The second-order valence-electron chi connectivity index (χ2n) is 8.00. The van der Waals surface area contributed by atoms with E-state index in [1.54, 1.807) is 0 Å². The number of aromatic amines is 1. The smallest absolute Gasteiger partial charge is 0.0540 e. The first kappa shape index (κ1) is 26.6. The first-order valence-electron chi connectivity index (χ1n) is 13.0. The first-order valence-corrected chi connectivity index (χ1v) is 13.0. The van der Waals surface area contributed by atoms with Crippen molar-refractivity contribution in [2.24, 2.45) is 0 Å². The van der Waals surface area contributed by atoms with Gasteiger partial charge in [-0.05, 0) is 60.7 Å². The number of aromatic nitrogens is 1. The van der Waals surface area contributed by atoms with Gasteiger partial charge >= 0.3 is 0 Å². The van der Waals surface area contributed by atoms with Crippen LogP contribution in [0.5, 0.6) is 0 Å². The van der Waals surface area contributed by atoms with Crippen LogP contribution in [0.1, 0.15) is 39.0 Å². The molecule has 5 aromatic rings. The second-order valence-corrected chi connectivity index (χ2v) is 8.00. The van der Waals surface area contributed by atoms with Crippen molar-refractivity contribution in [1.82, 2.24) is 4.98 Å². The van der Waals surface area contributed by atoms with Crippen LogP contribution in [-0.2, 0) is 6.42 Å². The van der Waals surface area contributed by atoms with Crippen molar-refractivity contribution in [2.45, 2.75) is 41.0 Å². The van der Waals surface area contributed by atoms with Crippen LogP contribution in [-0.4, -0.2) is 4.98 Å². The van der Waals surface area contributed by atoms with E-state index in [4.69, 9.17) is 0 Å². The van der Waals surface area contributed by atoms with E-state index >= 15 is 0 Å². The Kier molecular flexibility index (Phi) is 9.71. The Balaban J connectivity index is 0.000000861. The third kappa shape index (κ3) is 5.60. The number of H-pyrrole nitrogens is 1. The van der Waals surface area contributed by atoms with Crippen molar-refractivity contribution < 1.29 is 0 Å². The van der Waals surface area contributed by atoms with Crippen LogP contribution in [0.3, 0.4) is 0 Å². The summed E-state index contributed by atoms with van der Waals surface area (Å²) in [6, 6.07) is 32.4. The molecule has 4 aromatic carbocycles. The number of nitrogens with one attached hydrogen (secondary N) is 1. The van der Waals surface area contributed by atoms with Crippen molar-refractivity contribution in [3.05, 3.63) is 127 Å². The van der Waals surface area contributed by atoms with Gasteiger partial charge in [0.25, 0.3) is 0 Å². The van der Waals surface area contributed by atoms with Crippen molar-refractivity contribution >= 4 is 38.7 Å².